The van der Waals surface area contributed by atoms with E-state index < -0.39 is 11.3 Å². The van der Waals surface area contributed by atoms with Gasteiger partial charge in [0.15, 0.2) is 0 Å². The summed E-state index contributed by atoms with van der Waals surface area (Å²) in [6, 6.07) is 12.4. The van der Waals surface area contributed by atoms with E-state index in [1.165, 1.54) is 24.3 Å². The third-order valence-electron chi connectivity index (χ3n) is 4.43. The first-order valence-corrected chi connectivity index (χ1v) is 8.17. The number of hydrogen-bond donors (Lipinski definition) is 0. The molecule has 138 valence electrons. The van der Waals surface area contributed by atoms with Crippen LogP contribution in [0.3, 0.4) is 0 Å². The predicted octanol–water partition coefficient (Wildman–Crippen LogP) is 4.88. The van der Waals surface area contributed by atoms with Crippen molar-refractivity contribution < 1.29 is 22.8 Å². The van der Waals surface area contributed by atoms with Crippen molar-refractivity contribution >= 4 is 11.4 Å². The normalized spacial score (nSPS) is 17.8. The van der Waals surface area contributed by atoms with Crippen LogP contribution in [-0.4, -0.2) is 24.4 Å². The fraction of sp³-hybridized carbons (Fsp3) is 0.333. The quantitative estimate of drug-likeness (QED) is 0.572. The van der Waals surface area contributed by atoms with Gasteiger partial charge in [-0.3, -0.25) is 10.1 Å². The molecule has 26 heavy (non-hydrogen) atoms. The van der Waals surface area contributed by atoms with Crippen molar-refractivity contribution in [3.05, 3.63) is 64.2 Å². The molecule has 1 atom stereocenters. The summed E-state index contributed by atoms with van der Waals surface area (Å²) < 4.78 is 40.6. The summed E-state index contributed by atoms with van der Waals surface area (Å²) in [5, 5.41) is 10.8. The van der Waals surface area contributed by atoms with Gasteiger partial charge in [0.25, 0.3) is 5.69 Å². The van der Waals surface area contributed by atoms with Gasteiger partial charge in [-0.05, 0) is 42.7 Å². The van der Waals surface area contributed by atoms with Crippen molar-refractivity contribution in [1.82, 2.24) is 0 Å². The minimum Gasteiger partial charge on any atom is -0.406 e. The number of rotatable bonds is 4. The molecular formula is C18H17F3N2O3. The molecular weight excluding hydrogens is 349 g/mol. The molecule has 1 unspecified atom stereocenters. The van der Waals surface area contributed by atoms with Gasteiger partial charge >= 0.3 is 6.36 Å². The fourth-order valence-corrected chi connectivity index (χ4v) is 3.21. The van der Waals surface area contributed by atoms with Crippen molar-refractivity contribution in [2.75, 3.05) is 18.0 Å². The van der Waals surface area contributed by atoms with Crippen molar-refractivity contribution in [2.24, 2.45) is 0 Å². The second-order valence-corrected chi connectivity index (χ2v) is 6.18. The Bertz CT molecular complexity index is 761. The number of non-ortho nitro benzene ring substituents is 1. The number of nitro benzene ring substituents is 1. The van der Waals surface area contributed by atoms with Crippen molar-refractivity contribution in [2.45, 2.75) is 25.1 Å². The highest BCUT2D eigenvalue weighted by Gasteiger charge is 2.31. The van der Waals surface area contributed by atoms with E-state index in [9.17, 15) is 23.3 Å². The highest BCUT2D eigenvalue weighted by atomic mass is 19.4. The maximum absolute atomic E-state index is 12.2. The van der Waals surface area contributed by atoms with Crippen LogP contribution in [0.15, 0.2) is 48.5 Å². The summed E-state index contributed by atoms with van der Waals surface area (Å²) in [6.45, 7) is 1.54. The van der Waals surface area contributed by atoms with Gasteiger partial charge in [-0.1, -0.05) is 12.1 Å². The SMILES string of the molecule is O=[N+]([O-])c1ccc(N2CCCC(c3ccc(OC(F)(F)F)cc3)C2)cc1. The first-order valence-electron chi connectivity index (χ1n) is 8.17. The molecule has 0 N–H and O–H groups in total. The first-order chi connectivity index (χ1) is 12.3. The topological polar surface area (TPSA) is 55.6 Å². The van der Waals surface area contributed by atoms with E-state index in [1.54, 1.807) is 24.3 Å². The average molecular weight is 366 g/mol. The second-order valence-electron chi connectivity index (χ2n) is 6.18. The van der Waals surface area contributed by atoms with Crippen LogP contribution in [-0.2, 0) is 0 Å². The lowest BCUT2D eigenvalue weighted by Crippen LogP contribution is -2.34. The molecule has 1 aliphatic heterocycles. The Morgan fingerprint density at radius 1 is 1.08 bits per heavy atom. The van der Waals surface area contributed by atoms with Gasteiger partial charge in [0.1, 0.15) is 5.75 Å². The molecule has 0 aliphatic carbocycles. The van der Waals surface area contributed by atoms with E-state index in [4.69, 9.17) is 0 Å². The zero-order valence-electron chi connectivity index (χ0n) is 13.8. The number of benzene rings is 2. The van der Waals surface area contributed by atoms with Crippen LogP contribution >= 0.6 is 0 Å². The molecule has 1 saturated heterocycles. The van der Waals surface area contributed by atoms with Gasteiger partial charge in [0, 0.05) is 36.8 Å². The number of hydrogen-bond acceptors (Lipinski definition) is 4. The highest BCUT2D eigenvalue weighted by molar-refractivity contribution is 5.51. The Morgan fingerprint density at radius 2 is 1.73 bits per heavy atom. The Morgan fingerprint density at radius 3 is 2.31 bits per heavy atom. The zero-order valence-corrected chi connectivity index (χ0v) is 13.8. The minimum atomic E-state index is -4.70. The Hall–Kier alpha value is -2.77. The number of halogens is 3. The summed E-state index contributed by atoms with van der Waals surface area (Å²) in [5.41, 5.74) is 1.89. The van der Waals surface area contributed by atoms with Crippen molar-refractivity contribution in [3.63, 3.8) is 0 Å². The summed E-state index contributed by atoms with van der Waals surface area (Å²) in [5.74, 6) is -0.0526. The van der Waals surface area contributed by atoms with Crippen LogP contribution in [0.25, 0.3) is 0 Å². The van der Waals surface area contributed by atoms with Gasteiger partial charge in [-0.25, -0.2) is 0 Å². The molecule has 0 saturated carbocycles. The number of nitrogens with zero attached hydrogens (tertiary/aromatic N) is 2. The van der Waals surface area contributed by atoms with Crippen LogP contribution < -0.4 is 9.64 Å². The minimum absolute atomic E-state index is 0.0440. The largest absolute Gasteiger partial charge is 0.573 e. The van der Waals surface area contributed by atoms with Gasteiger partial charge in [-0.15, -0.1) is 13.2 Å². The molecule has 1 heterocycles. The lowest BCUT2D eigenvalue weighted by atomic mass is 9.90. The van der Waals surface area contributed by atoms with Crippen LogP contribution in [0.4, 0.5) is 24.5 Å². The van der Waals surface area contributed by atoms with Gasteiger partial charge in [0.2, 0.25) is 0 Å². The molecule has 0 bridgehead atoms. The van der Waals surface area contributed by atoms with Crippen molar-refractivity contribution in [3.8, 4) is 5.75 Å². The maximum atomic E-state index is 12.2. The first kappa shape index (κ1) is 18.0. The van der Waals surface area contributed by atoms with Crippen molar-refractivity contribution in [1.29, 1.82) is 0 Å². The highest BCUT2D eigenvalue weighted by Crippen LogP contribution is 2.32. The molecule has 3 rings (SSSR count). The van der Waals surface area contributed by atoms with Crippen LogP contribution in [0.2, 0.25) is 0 Å². The van der Waals surface area contributed by atoms with Crippen LogP contribution in [0.5, 0.6) is 5.75 Å². The second kappa shape index (κ2) is 7.23. The number of alkyl halides is 3. The number of nitro groups is 1. The third kappa shape index (κ3) is 4.44. The number of anilines is 1. The van der Waals surface area contributed by atoms with Gasteiger partial charge < -0.3 is 9.64 Å². The molecule has 8 heteroatoms. The molecule has 5 nitrogen and oxygen atoms in total. The molecule has 0 aromatic heterocycles. The fourth-order valence-electron chi connectivity index (χ4n) is 3.21. The van der Waals surface area contributed by atoms with E-state index in [0.29, 0.717) is 6.54 Å². The molecule has 1 fully saturated rings. The number of piperidine rings is 1. The lowest BCUT2D eigenvalue weighted by molar-refractivity contribution is -0.384. The third-order valence-corrected chi connectivity index (χ3v) is 4.43. The Balaban J connectivity index is 1.69. The monoisotopic (exact) mass is 366 g/mol. The maximum Gasteiger partial charge on any atom is 0.573 e. The predicted molar refractivity (Wildman–Crippen MR) is 90.4 cm³/mol. The zero-order chi connectivity index (χ0) is 18.7. The van der Waals surface area contributed by atoms with Gasteiger partial charge in [0.05, 0.1) is 4.92 Å². The van der Waals surface area contributed by atoms with Crippen LogP contribution in [0, 0.1) is 10.1 Å². The molecule has 2 aromatic carbocycles. The summed E-state index contributed by atoms with van der Waals surface area (Å²) in [7, 11) is 0. The molecule has 2 aromatic rings. The lowest BCUT2D eigenvalue weighted by Gasteiger charge is -2.34. The Labute approximate surface area is 148 Å². The molecule has 0 radical (unpaired) electrons. The van der Waals surface area contributed by atoms with E-state index in [-0.39, 0.29) is 17.4 Å². The molecule has 1 aliphatic rings. The van der Waals surface area contributed by atoms with E-state index in [1.807, 2.05) is 0 Å². The summed E-state index contributed by atoms with van der Waals surface area (Å²) in [6.07, 6.45) is -2.83. The van der Waals surface area contributed by atoms with E-state index in [0.717, 1.165) is 30.6 Å². The smallest absolute Gasteiger partial charge is 0.406 e. The van der Waals surface area contributed by atoms with Gasteiger partial charge in [-0.2, -0.15) is 0 Å². The molecule has 0 spiro atoms. The summed E-state index contributed by atoms with van der Waals surface area (Å²) in [4.78, 5) is 12.5. The average Bonchev–Trinajstić information content (AvgIpc) is 2.61. The standard InChI is InChI=1S/C18H17F3N2O3/c19-18(20,21)26-17-9-3-13(4-10-17)14-2-1-11-22(12-14)15-5-7-16(8-6-15)23(24)25/h3-10,14H,1-2,11-12H2. The van der Waals surface area contributed by atoms with E-state index in [2.05, 4.69) is 9.64 Å². The van der Waals surface area contributed by atoms with Crippen LogP contribution in [0.1, 0.15) is 24.3 Å². The number of ether oxygens (including phenoxy) is 1. The molecule has 0 amide bonds. The van der Waals surface area contributed by atoms with E-state index >= 15 is 0 Å². The Kier molecular flexibility index (Phi) is 5.01. The summed E-state index contributed by atoms with van der Waals surface area (Å²) >= 11 is 0.